The van der Waals surface area contributed by atoms with Gasteiger partial charge >= 0.3 is 6.09 Å². The van der Waals surface area contributed by atoms with Crippen LogP contribution in [0.1, 0.15) is 45.6 Å². The molecule has 1 heterocycles. The highest BCUT2D eigenvalue weighted by Gasteiger charge is 2.24. The van der Waals surface area contributed by atoms with Crippen molar-refractivity contribution in [3.8, 4) is 5.75 Å². The van der Waals surface area contributed by atoms with E-state index in [1.165, 1.54) is 0 Å². The van der Waals surface area contributed by atoms with E-state index in [9.17, 15) is 14.4 Å². The molecule has 0 radical (unpaired) electrons. The number of carbonyl (C=O) groups is 3. The van der Waals surface area contributed by atoms with Gasteiger partial charge in [0.25, 0.3) is 0 Å². The molecule has 3 amide bonds. The van der Waals surface area contributed by atoms with Crippen molar-refractivity contribution in [3.05, 3.63) is 29.8 Å². The average molecular weight is 420 g/mol. The highest BCUT2D eigenvalue weighted by Crippen LogP contribution is 2.14. The lowest BCUT2D eigenvalue weighted by Crippen LogP contribution is -2.47. The predicted octanol–water partition coefficient (Wildman–Crippen LogP) is 2.26. The molecule has 1 aliphatic heterocycles. The van der Waals surface area contributed by atoms with Gasteiger partial charge in [0, 0.05) is 32.1 Å². The maximum Gasteiger partial charge on any atom is 0.407 e. The lowest BCUT2D eigenvalue weighted by molar-refractivity contribution is -0.132. The molecular formula is C22H33N3O5. The third kappa shape index (κ3) is 8.31. The second-order valence-corrected chi connectivity index (χ2v) is 8.43. The van der Waals surface area contributed by atoms with E-state index in [0.717, 1.165) is 24.2 Å². The maximum atomic E-state index is 12.3. The average Bonchev–Trinajstić information content (AvgIpc) is 2.67. The number of hydrogen-bond acceptors (Lipinski definition) is 5. The van der Waals surface area contributed by atoms with Crippen molar-refractivity contribution in [2.75, 3.05) is 26.7 Å². The van der Waals surface area contributed by atoms with Gasteiger partial charge in [-0.3, -0.25) is 9.59 Å². The first kappa shape index (κ1) is 23.5. The van der Waals surface area contributed by atoms with Gasteiger partial charge < -0.3 is 25.0 Å². The molecule has 30 heavy (non-hydrogen) atoms. The third-order valence-electron chi connectivity index (χ3n) is 4.74. The van der Waals surface area contributed by atoms with Crippen molar-refractivity contribution in [2.24, 2.45) is 0 Å². The first-order chi connectivity index (χ1) is 14.2. The molecule has 1 fully saturated rings. The zero-order chi connectivity index (χ0) is 22.1. The summed E-state index contributed by atoms with van der Waals surface area (Å²) in [6.45, 7) is 6.80. The van der Waals surface area contributed by atoms with Crippen LogP contribution in [0.2, 0.25) is 0 Å². The van der Waals surface area contributed by atoms with Gasteiger partial charge in [0.2, 0.25) is 11.8 Å². The van der Waals surface area contributed by atoms with Crippen LogP contribution in [0.25, 0.3) is 0 Å². The SMILES string of the molecule is COc1ccc(CC(=O)NC2CCN(C(=O)CCNC(=O)OC(C)(C)C)CC2)cc1. The predicted molar refractivity (Wildman–Crippen MR) is 113 cm³/mol. The lowest BCUT2D eigenvalue weighted by atomic mass is 10.0. The molecule has 0 saturated carbocycles. The van der Waals surface area contributed by atoms with Crippen LogP contribution >= 0.6 is 0 Å². The quantitative estimate of drug-likeness (QED) is 0.707. The molecule has 0 spiro atoms. The monoisotopic (exact) mass is 419 g/mol. The van der Waals surface area contributed by atoms with Crippen molar-refractivity contribution >= 4 is 17.9 Å². The minimum Gasteiger partial charge on any atom is -0.497 e. The Labute approximate surface area is 178 Å². The first-order valence-corrected chi connectivity index (χ1v) is 10.3. The van der Waals surface area contributed by atoms with Crippen molar-refractivity contribution in [2.45, 2.75) is 58.1 Å². The summed E-state index contributed by atoms with van der Waals surface area (Å²) in [7, 11) is 1.61. The van der Waals surface area contributed by atoms with E-state index in [2.05, 4.69) is 10.6 Å². The molecule has 2 rings (SSSR count). The molecular weight excluding hydrogens is 386 g/mol. The first-order valence-electron chi connectivity index (χ1n) is 10.3. The minimum atomic E-state index is -0.562. The summed E-state index contributed by atoms with van der Waals surface area (Å²) in [6.07, 6.45) is 1.47. The number of hydrogen-bond donors (Lipinski definition) is 2. The number of benzene rings is 1. The Morgan fingerprint density at radius 1 is 1.10 bits per heavy atom. The molecule has 1 aliphatic rings. The van der Waals surface area contributed by atoms with Crippen LogP contribution in [0.5, 0.6) is 5.75 Å². The fraction of sp³-hybridized carbons (Fsp3) is 0.591. The Kier molecular flexibility index (Phi) is 8.50. The number of ether oxygens (including phenoxy) is 2. The Morgan fingerprint density at radius 2 is 1.73 bits per heavy atom. The van der Waals surface area contributed by atoms with Crippen LogP contribution in [0.15, 0.2) is 24.3 Å². The topological polar surface area (TPSA) is 97.0 Å². The van der Waals surface area contributed by atoms with E-state index in [1.807, 2.05) is 24.3 Å². The van der Waals surface area contributed by atoms with Gasteiger partial charge in [-0.15, -0.1) is 0 Å². The molecule has 0 atom stereocenters. The standard InChI is InChI=1S/C22H33N3O5/c1-22(2,3)30-21(28)23-12-9-20(27)25-13-10-17(11-14-25)24-19(26)15-16-5-7-18(29-4)8-6-16/h5-8,17H,9-15H2,1-4H3,(H,23,28)(H,24,26). The lowest BCUT2D eigenvalue weighted by Gasteiger charge is -2.32. The van der Waals surface area contributed by atoms with E-state index in [4.69, 9.17) is 9.47 Å². The zero-order valence-corrected chi connectivity index (χ0v) is 18.3. The fourth-order valence-corrected chi connectivity index (χ4v) is 3.22. The number of nitrogens with zero attached hydrogens (tertiary/aromatic N) is 1. The molecule has 0 unspecified atom stereocenters. The van der Waals surface area contributed by atoms with Crippen LogP contribution in [0.4, 0.5) is 4.79 Å². The van der Waals surface area contributed by atoms with Gasteiger partial charge in [0.05, 0.1) is 13.5 Å². The second kappa shape index (κ2) is 10.8. The maximum absolute atomic E-state index is 12.3. The van der Waals surface area contributed by atoms with E-state index in [1.54, 1.807) is 32.8 Å². The summed E-state index contributed by atoms with van der Waals surface area (Å²) in [4.78, 5) is 38.0. The highest BCUT2D eigenvalue weighted by atomic mass is 16.6. The number of likely N-dealkylation sites (tertiary alicyclic amines) is 1. The number of nitrogens with one attached hydrogen (secondary N) is 2. The molecule has 1 aromatic rings. The van der Waals surface area contributed by atoms with Gasteiger partial charge in [0.1, 0.15) is 11.4 Å². The molecule has 2 N–H and O–H groups in total. The number of alkyl carbamates (subject to hydrolysis) is 1. The summed E-state index contributed by atoms with van der Waals surface area (Å²) >= 11 is 0. The normalized spacial score (nSPS) is 14.7. The number of methoxy groups -OCH3 is 1. The number of rotatable bonds is 7. The van der Waals surface area contributed by atoms with Crippen molar-refractivity contribution in [1.82, 2.24) is 15.5 Å². The number of carbonyl (C=O) groups excluding carboxylic acids is 3. The van der Waals surface area contributed by atoms with Gasteiger partial charge in [-0.2, -0.15) is 0 Å². The molecule has 8 nitrogen and oxygen atoms in total. The van der Waals surface area contributed by atoms with Crippen molar-refractivity contribution < 1.29 is 23.9 Å². The Morgan fingerprint density at radius 3 is 2.30 bits per heavy atom. The van der Waals surface area contributed by atoms with Crippen molar-refractivity contribution in [3.63, 3.8) is 0 Å². The van der Waals surface area contributed by atoms with Crippen LogP contribution in [-0.4, -0.2) is 61.2 Å². The van der Waals surface area contributed by atoms with E-state index >= 15 is 0 Å². The number of amides is 3. The highest BCUT2D eigenvalue weighted by molar-refractivity contribution is 5.79. The largest absolute Gasteiger partial charge is 0.497 e. The van der Waals surface area contributed by atoms with E-state index in [0.29, 0.717) is 19.5 Å². The van der Waals surface area contributed by atoms with Crippen LogP contribution in [0.3, 0.4) is 0 Å². The second-order valence-electron chi connectivity index (χ2n) is 8.43. The molecule has 1 aromatic carbocycles. The molecule has 8 heteroatoms. The minimum absolute atomic E-state index is 0.00549. The van der Waals surface area contributed by atoms with Gasteiger partial charge in [-0.1, -0.05) is 12.1 Å². The molecule has 0 bridgehead atoms. The molecule has 166 valence electrons. The fourth-order valence-electron chi connectivity index (χ4n) is 3.22. The van der Waals surface area contributed by atoms with Gasteiger partial charge in [-0.05, 0) is 51.3 Å². The van der Waals surface area contributed by atoms with Gasteiger partial charge in [0.15, 0.2) is 0 Å². The summed E-state index contributed by atoms with van der Waals surface area (Å²) in [5.74, 6) is 0.734. The number of piperidine rings is 1. The Hall–Kier alpha value is -2.77. The van der Waals surface area contributed by atoms with Crippen LogP contribution < -0.4 is 15.4 Å². The van der Waals surface area contributed by atoms with Gasteiger partial charge in [-0.25, -0.2) is 4.79 Å². The van der Waals surface area contributed by atoms with Crippen molar-refractivity contribution in [1.29, 1.82) is 0 Å². The smallest absolute Gasteiger partial charge is 0.407 e. The third-order valence-corrected chi connectivity index (χ3v) is 4.74. The van der Waals surface area contributed by atoms with E-state index in [-0.39, 0.29) is 30.8 Å². The Bertz CT molecular complexity index is 719. The summed E-state index contributed by atoms with van der Waals surface area (Å²) in [6, 6.07) is 7.50. The molecule has 0 aliphatic carbocycles. The van der Waals surface area contributed by atoms with Crippen LogP contribution in [-0.2, 0) is 20.7 Å². The summed E-state index contributed by atoms with van der Waals surface area (Å²) < 4.78 is 10.3. The molecule has 1 saturated heterocycles. The Balaban J connectivity index is 1.65. The zero-order valence-electron chi connectivity index (χ0n) is 18.3. The molecule has 0 aromatic heterocycles. The summed E-state index contributed by atoms with van der Waals surface area (Å²) in [5, 5.41) is 5.65. The van der Waals surface area contributed by atoms with Crippen LogP contribution in [0, 0.1) is 0 Å². The summed E-state index contributed by atoms with van der Waals surface area (Å²) in [5.41, 5.74) is 0.367. The van der Waals surface area contributed by atoms with E-state index < -0.39 is 11.7 Å².